The minimum Gasteiger partial charge on any atom is -0.455 e. The van der Waals surface area contributed by atoms with Gasteiger partial charge in [-0.05, 0) is 17.5 Å². The van der Waals surface area contributed by atoms with Crippen molar-refractivity contribution in [3.05, 3.63) is 67.8 Å². The number of nitrogens with zero attached hydrogens (tertiary/aromatic N) is 2. The van der Waals surface area contributed by atoms with Crippen LogP contribution in [0.25, 0.3) is 10.6 Å². The third kappa shape index (κ3) is 3.43. The topological polar surface area (TPSA) is 82.3 Å². The second-order valence-electron chi connectivity index (χ2n) is 4.51. The Morgan fingerprint density at radius 1 is 1.26 bits per heavy atom. The summed E-state index contributed by atoms with van der Waals surface area (Å²) in [4.78, 5) is 26.7. The van der Waals surface area contributed by atoms with Gasteiger partial charge in [-0.1, -0.05) is 12.1 Å². The molecule has 2 aromatic heterocycles. The fourth-order valence-electron chi connectivity index (χ4n) is 1.91. The van der Waals surface area contributed by atoms with E-state index in [0.29, 0.717) is 5.69 Å². The van der Waals surface area contributed by atoms with Gasteiger partial charge in [0, 0.05) is 22.4 Å². The monoisotopic (exact) mass is 346 g/mol. The summed E-state index contributed by atoms with van der Waals surface area (Å²) >= 11 is 3.04. The highest BCUT2D eigenvalue weighted by atomic mass is 32.1. The SMILES string of the molecule is O=C(OCc1csc(-c2ccsc2)n1)c1ccccc1[N+](=O)[O-]. The lowest BCUT2D eigenvalue weighted by Gasteiger charge is -2.03. The van der Waals surface area contributed by atoms with E-state index in [0.717, 1.165) is 10.6 Å². The number of carbonyl (C=O) groups is 1. The predicted octanol–water partition coefficient (Wildman–Crippen LogP) is 4.14. The molecule has 0 aliphatic rings. The average Bonchev–Trinajstić information content (AvgIpc) is 3.23. The summed E-state index contributed by atoms with van der Waals surface area (Å²) in [5.74, 6) is -0.734. The van der Waals surface area contributed by atoms with Gasteiger partial charge >= 0.3 is 5.97 Å². The quantitative estimate of drug-likeness (QED) is 0.394. The van der Waals surface area contributed by atoms with E-state index in [4.69, 9.17) is 4.74 Å². The molecule has 6 nitrogen and oxygen atoms in total. The van der Waals surface area contributed by atoms with Crippen LogP contribution in [0.1, 0.15) is 16.1 Å². The first kappa shape index (κ1) is 15.3. The molecule has 0 radical (unpaired) electrons. The van der Waals surface area contributed by atoms with Gasteiger partial charge in [-0.3, -0.25) is 10.1 Å². The average molecular weight is 346 g/mol. The first-order valence-electron chi connectivity index (χ1n) is 6.52. The van der Waals surface area contributed by atoms with E-state index >= 15 is 0 Å². The number of nitro groups is 1. The van der Waals surface area contributed by atoms with E-state index in [1.807, 2.05) is 16.8 Å². The van der Waals surface area contributed by atoms with Crippen molar-refractivity contribution in [2.24, 2.45) is 0 Å². The van der Waals surface area contributed by atoms with Crippen molar-refractivity contribution < 1.29 is 14.5 Å². The molecule has 0 spiro atoms. The van der Waals surface area contributed by atoms with E-state index in [-0.39, 0.29) is 17.9 Å². The van der Waals surface area contributed by atoms with Crippen molar-refractivity contribution in [1.82, 2.24) is 4.98 Å². The van der Waals surface area contributed by atoms with Gasteiger partial charge in [-0.15, -0.1) is 11.3 Å². The Hall–Kier alpha value is -2.58. The molecule has 0 saturated heterocycles. The number of esters is 1. The van der Waals surface area contributed by atoms with E-state index in [1.54, 1.807) is 22.8 Å². The molecule has 0 amide bonds. The molecule has 2 heterocycles. The van der Waals surface area contributed by atoms with Gasteiger partial charge in [0.1, 0.15) is 17.2 Å². The van der Waals surface area contributed by atoms with Gasteiger partial charge in [0.15, 0.2) is 0 Å². The van der Waals surface area contributed by atoms with Crippen LogP contribution < -0.4 is 0 Å². The van der Waals surface area contributed by atoms with Gasteiger partial charge in [0.05, 0.1) is 10.6 Å². The molecule has 0 unspecified atom stereocenters. The number of rotatable bonds is 5. The zero-order valence-electron chi connectivity index (χ0n) is 11.7. The molecular formula is C15H10N2O4S2. The van der Waals surface area contributed by atoms with E-state index < -0.39 is 10.9 Å². The number of benzene rings is 1. The predicted molar refractivity (Wildman–Crippen MR) is 87.6 cm³/mol. The fourth-order valence-corrected chi connectivity index (χ4v) is 3.43. The summed E-state index contributed by atoms with van der Waals surface area (Å²) in [6.45, 7) is -0.0223. The molecule has 3 aromatic rings. The van der Waals surface area contributed by atoms with Crippen molar-refractivity contribution in [2.75, 3.05) is 0 Å². The van der Waals surface area contributed by atoms with Crippen LogP contribution in [0.5, 0.6) is 0 Å². The summed E-state index contributed by atoms with van der Waals surface area (Å²) in [6.07, 6.45) is 0. The lowest BCUT2D eigenvalue weighted by Crippen LogP contribution is -2.08. The van der Waals surface area contributed by atoms with Gasteiger partial charge in [-0.2, -0.15) is 11.3 Å². The van der Waals surface area contributed by atoms with Crippen LogP contribution in [0.2, 0.25) is 0 Å². The first-order chi connectivity index (χ1) is 11.1. The van der Waals surface area contributed by atoms with Crippen molar-refractivity contribution in [1.29, 1.82) is 0 Å². The Morgan fingerprint density at radius 3 is 2.83 bits per heavy atom. The molecule has 0 N–H and O–H groups in total. The zero-order valence-corrected chi connectivity index (χ0v) is 13.3. The lowest BCUT2D eigenvalue weighted by atomic mass is 10.2. The zero-order chi connectivity index (χ0) is 16.2. The normalized spacial score (nSPS) is 10.4. The molecule has 0 aliphatic heterocycles. The standard InChI is InChI=1S/C15H10N2O4S2/c18-15(12-3-1-2-4-13(12)17(19)20)21-7-11-9-23-14(16-11)10-5-6-22-8-10/h1-6,8-9H,7H2. The Kier molecular flexibility index (Phi) is 4.45. The Morgan fingerprint density at radius 2 is 2.09 bits per heavy atom. The molecule has 23 heavy (non-hydrogen) atoms. The van der Waals surface area contributed by atoms with Crippen molar-refractivity contribution in [2.45, 2.75) is 6.61 Å². The number of hydrogen-bond donors (Lipinski definition) is 0. The second-order valence-corrected chi connectivity index (χ2v) is 6.14. The summed E-state index contributed by atoms with van der Waals surface area (Å²) in [6, 6.07) is 7.67. The summed E-state index contributed by atoms with van der Waals surface area (Å²) < 4.78 is 5.14. The highest BCUT2D eigenvalue weighted by Crippen LogP contribution is 2.26. The van der Waals surface area contributed by atoms with Crippen LogP contribution in [-0.2, 0) is 11.3 Å². The van der Waals surface area contributed by atoms with Crippen LogP contribution >= 0.6 is 22.7 Å². The second kappa shape index (κ2) is 6.67. The Balaban J connectivity index is 1.69. The van der Waals surface area contributed by atoms with Gasteiger partial charge < -0.3 is 4.74 Å². The van der Waals surface area contributed by atoms with Gasteiger partial charge in [0.25, 0.3) is 5.69 Å². The number of carbonyl (C=O) groups excluding carboxylic acids is 1. The molecule has 0 saturated carbocycles. The lowest BCUT2D eigenvalue weighted by molar-refractivity contribution is -0.385. The summed E-state index contributed by atoms with van der Waals surface area (Å²) in [5.41, 5.74) is 1.31. The van der Waals surface area contributed by atoms with Crippen LogP contribution in [0, 0.1) is 10.1 Å². The van der Waals surface area contributed by atoms with Crippen LogP contribution in [-0.4, -0.2) is 15.9 Å². The third-order valence-electron chi connectivity index (χ3n) is 2.99. The van der Waals surface area contributed by atoms with E-state index in [9.17, 15) is 14.9 Å². The Bertz CT molecular complexity index is 843. The summed E-state index contributed by atoms with van der Waals surface area (Å²) in [7, 11) is 0. The smallest absolute Gasteiger partial charge is 0.345 e. The Labute approximate surface area is 139 Å². The number of para-hydroxylation sites is 1. The minimum atomic E-state index is -0.734. The third-order valence-corrected chi connectivity index (χ3v) is 4.62. The number of thiazole rings is 1. The van der Waals surface area contributed by atoms with Gasteiger partial charge in [0.2, 0.25) is 0 Å². The minimum absolute atomic E-state index is 0.0223. The fraction of sp³-hybridized carbons (Fsp3) is 0.0667. The van der Waals surface area contributed by atoms with Crippen LogP contribution in [0.3, 0.4) is 0 Å². The molecular weight excluding hydrogens is 336 g/mol. The van der Waals surface area contributed by atoms with Crippen LogP contribution in [0.15, 0.2) is 46.5 Å². The molecule has 0 aliphatic carbocycles. The largest absolute Gasteiger partial charge is 0.455 e. The molecule has 0 fully saturated rings. The molecule has 0 atom stereocenters. The number of nitro benzene ring substituents is 1. The highest BCUT2D eigenvalue weighted by Gasteiger charge is 2.20. The van der Waals surface area contributed by atoms with Crippen molar-refractivity contribution in [3.63, 3.8) is 0 Å². The first-order valence-corrected chi connectivity index (χ1v) is 8.35. The molecule has 8 heteroatoms. The maximum atomic E-state index is 12.0. The molecule has 116 valence electrons. The highest BCUT2D eigenvalue weighted by molar-refractivity contribution is 7.14. The maximum Gasteiger partial charge on any atom is 0.345 e. The van der Waals surface area contributed by atoms with Crippen LogP contribution in [0.4, 0.5) is 5.69 Å². The van der Waals surface area contributed by atoms with Crippen molar-refractivity contribution >= 4 is 34.3 Å². The van der Waals surface area contributed by atoms with E-state index in [2.05, 4.69) is 4.98 Å². The molecule has 0 bridgehead atoms. The van der Waals surface area contributed by atoms with Gasteiger partial charge in [-0.25, -0.2) is 9.78 Å². The summed E-state index contributed by atoms with van der Waals surface area (Å²) in [5, 5.41) is 17.5. The van der Waals surface area contributed by atoms with Crippen molar-refractivity contribution in [3.8, 4) is 10.6 Å². The molecule has 3 rings (SSSR count). The number of aromatic nitrogens is 1. The number of hydrogen-bond acceptors (Lipinski definition) is 7. The molecule has 1 aromatic carbocycles. The number of ether oxygens (including phenoxy) is 1. The maximum absolute atomic E-state index is 12.0. The van der Waals surface area contributed by atoms with E-state index in [1.165, 1.54) is 29.5 Å². The number of thiophene rings is 1.